The number of unbranched alkanes of at least 4 members (excludes halogenated alkanes) is 4. The summed E-state index contributed by atoms with van der Waals surface area (Å²) >= 11 is 0. The van der Waals surface area contributed by atoms with Crippen molar-refractivity contribution in [3.8, 4) is 5.75 Å². The molecule has 0 radical (unpaired) electrons. The van der Waals surface area contributed by atoms with Gasteiger partial charge in [0.25, 0.3) is 5.91 Å². The number of hydrogen-bond donors (Lipinski definition) is 2. The van der Waals surface area contributed by atoms with Crippen LogP contribution >= 0.6 is 0 Å². The minimum absolute atomic E-state index is 0.0162. The lowest BCUT2D eigenvalue weighted by Gasteiger charge is -2.23. The highest BCUT2D eigenvalue weighted by molar-refractivity contribution is 5.95. The Morgan fingerprint density at radius 1 is 1.10 bits per heavy atom. The summed E-state index contributed by atoms with van der Waals surface area (Å²) < 4.78 is 0. The van der Waals surface area contributed by atoms with Crippen LogP contribution in [0.1, 0.15) is 62.7 Å². The fraction of sp³-hybridized carbons (Fsp3) is 0.588. The molecule has 4 nitrogen and oxygen atoms in total. The number of nitrogens with two attached hydrogens (primary N) is 1. The average Bonchev–Trinajstić information content (AvgIpc) is 2.48. The summed E-state index contributed by atoms with van der Waals surface area (Å²) in [6.45, 7) is 5.87. The lowest BCUT2D eigenvalue weighted by atomic mass is 10.1. The van der Waals surface area contributed by atoms with E-state index in [4.69, 9.17) is 5.73 Å². The molecule has 0 saturated heterocycles. The van der Waals surface area contributed by atoms with Crippen LogP contribution in [0, 0.1) is 0 Å². The highest BCUT2D eigenvalue weighted by Crippen LogP contribution is 2.22. The zero-order valence-corrected chi connectivity index (χ0v) is 13.3. The number of carbonyl (C=O) groups is 1. The number of phenolic OH excluding ortho intramolecular Hbond substituents is 1. The van der Waals surface area contributed by atoms with Crippen molar-refractivity contribution in [2.45, 2.75) is 52.4 Å². The van der Waals surface area contributed by atoms with Gasteiger partial charge in [0.1, 0.15) is 5.75 Å². The molecule has 1 aromatic carbocycles. The van der Waals surface area contributed by atoms with Crippen molar-refractivity contribution < 1.29 is 9.90 Å². The minimum Gasteiger partial charge on any atom is -0.506 e. The topological polar surface area (TPSA) is 66.6 Å². The third kappa shape index (κ3) is 5.66. The quantitative estimate of drug-likeness (QED) is 0.413. The van der Waals surface area contributed by atoms with E-state index in [1.165, 1.54) is 6.07 Å². The maximum absolute atomic E-state index is 12.6. The summed E-state index contributed by atoms with van der Waals surface area (Å²) in [5.41, 5.74) is 6.40. The van der Waals surface area contributed by atoms with E-state index in [0.29, 0.717) is 11.3 Å². The minimum atomic E-state index is -0.0251. The van der Waals surface area contributed by atoms with Crippen molar-refractivity contribution in [3.63, 3.8) is 0 Å². The molecule has 1 aromatic rings. The normalized spacial score (nSPS) is 10.6. The molecule has 0 aromatic heterocycles. The molecule has 0 spiro atoms. The third-order valence-corrected chi connectivity index (χ3v) is 3.63. The molecule has 3 N–H and O–H groups in total. The van der Waals surface area contributed by atoms with Crippen molar-refractivity contribution in [1.29, 1.82) is 0 Å². The van der Waals surface area contributed by atoms with Gasteiger partial charge in [-0.05, 0) is 31.0 Å². The molecular formula is C17H28N2O2. The van der Waals surface area contributed by atoms with E-state index < -0.39 is 0 Å². The van der Waals surface area contributed by atoms with Gasteiger partial charge >= 0.3 is 0 Å². The molecule has 0 heterocycles. The van der Waals surface area contributed by atoms with Crippen LogP contribution in [0.25, 0.3) is 0 Å². The molecule has 1 rings (SSSR count). The lowest BCUT2D eigenvalue weighted by Crippen LogP contribution is -2.33. The van der Waals surface area contributed by atoms with E-state index in [-0.39, 0.29) is 11.7 Å². The summed E-state index contributed by atoms with van der Waals surface area (Å²) in [6.07, 6.45) is 6.58. The fourth-order valence-corrected chi connectivity index (χ4v) is 2.28. The van der Waals surface area contributed by atoms with Gasteiger partial charge < -0.3 is 15.7 Å². The predicted molar refractivity (Wildman–Crippen MR) is 87.5 cm³/mol. The van der Waals surface area contributed by atoms with Crippen LogP contribution in [-0.4, -0.2) is 29.0 Å². The second-order valence-electron chi connectivity index (χ2n) is 5.48. The van der Waals surface area contributed by atoms with Crippen molar-refractivity contribution in [2.24, 2.45) is 0 Å². The zero-order chi connectivity index (χ0) is 15.7. The summed E-state index contributed by atoms with van der Waals surface area (Å²) in [6, 6.07) is 4.73. The standard InChI is InChI=1S/C17H28N2O2/c1-3-5-7-11-19(12-8-6-4-2)17(21)14-9-10-15(18)16(20)13-14/h9-10,13,20H,3-8,11-12,18H2,1-2H3. The molecule has 1 amide bonds. The summed E-state index contributed by atoms with van der Waals surface area (Å²) in [5.74, 6) is -0.0413. The number of nitrogen functional groups attached to an aromatic ring is 1. The van der Waals surface area contributed by atoms with Gasteiger partial charge in [-0.25, -0.2) is 0 Å². The van der Waals surface area contributed by atoms with Crippen LogP contribution in [0.4, 0.5) is 5.69 Å². The predicted octanol–water partition coefficient (Wildman–Crippen LogP) is 3.80. The first kappa shape index (κ1) is 17.3. The number of phenols is 1. The van der Waals surface area contributed by atoms with Gasteiger partial charge in [0, 0.05) is 18.7 Å². The summed E-state index contributed by atoms with van der Waals surface area (Å²) in [5, 5.41) is 9.66. The fourth-order valence-electron chi connectivity index (χ4n) is 2.28. The molecule has 0 fully saturated rings. The van der Waals surface area contributed by atoms with Crippen LogP contribution in [-0.2, 0) is 0 Å². The number of benzene rings is 1. The molecule has 0 atom stereocenters. The molecule has 0 aliphatic rings. The van der Waals surface area contributed by atoms with Gasteiger partial charge in [-0.3, -0.25) is 4.79 Å². The molecule has 21 heavy (non-hydrogen) atoms. The Hall–Kier alpha value is -1.71. The Bertz CT molecular complexity index is 436. The van der Waals surface area contributed by atoms with Crippen LogP contribution in [0.3, 0.4) is 0 Å². The Morgan fingerprint density at radius 2 is 1.67 bits per heavy atom. The summed E-state index contributed by atoms with van der Waals surface area (Å²) in [7, 11) is 0. The monoisotopic (exact) mass is 292 g/mol. The van der Waals surface area contributed by atoms with Gasteiger partial charge in [-0.1, -0.05) is 39.5 Å². The molecule has 0 bridgehead atoms. The van der Waals surface area contributed by atoms with Crippen LogP contribution < -0.4 is 5.73 Å². The largest absolute Gasteiger partial charge is 0.506 e. The number of hydrogen-bond acceptors (Lipinski definition) is 3. The van der Waals surface area contributed by atoms with Gasteiger partial charge in [0.2, 0.25) is 0 Å². The van der Waals surface area contributed by atoms with E-state index in [1.54, 1.807) is 12.1 Å². The summed E-state index contributed by atoms with van der Waals surface area (Å²) in [4.78, 5) is 14.5. The highest BCUT2D eigenvalue weighted by atomic mass is 16.3. The second kappa shape index (κ2) is 9.27. The van der Waals surface area contributed by atoms with Gasteiger partial charge in [0.15, 0.2) is 0 Å². The Balaban J connectivity index is 2.73. The van der Waals surface area contributed by atoms with Gasteiger partial charge in [-0.2, -0.15) is 0 Å². The van der Waals surface area contributed by atoms with E-state index in [9.17, 15) is 9.90 Å². The number of amides is 1. The lowest BCUT2D eigenvalue weighted by molar-refractivity contribution is 0.0749. The third-order valence-electron chi connectivity index (χ3n) is 3.63. The van der Waals surface area contributed by atoms with Crippen molar-refractivity contribution in [3.05, 3.63) is 23.8 Å². The number of anilines is 1. The van der Waals surface area contributed by atoms with Crippen molar-refractivity contribution in [1.82, 2.24) is 4.90 Å². The molecular weight excluding hydrogens is 264 g/mol. The second-order valence-corrected chi connectivity index (χ2v) is 5.48. The number of nitrogens with zero attached hydrogens (tertiary/aromatic N) is 1. The molecule has 118 valence electrons. The van der Waals surface area contributed by atoms with Gasteiger partial charge in [0.05, 0.1) is 5.69 Å². The smallest absolute Gasteiger partial charge is 0.253 e. The number of rotatable bonds is 9. The zero-order valence-electron chi connectivity index (χ0n) is 13.3. The Labute approximate surface area is 128 Å². The van der Waals surface area contributed by atoms with Crippen molar-refractivity contribution in [2.75, 3.05) is 18.8 Å². The maximum Gasteiger partial charge on any atom is 0.253 e. The van der Waals surface area contributed by atoms with Crippen LogP contribution in [0.5, 0.6) is 5.75 Å². The Morgan fingerprint density at radius 3 is 2.14 bits per heavy atom. The number of aromatic hydroxyl groups is 1. The Kier molecular flexibility index (Phi) is 7.65. The maximum atomic E-state index is 12.6. The molecule has 4 heteroatoms. The molecule has 0 unspecified atom stereocenters. The van der Waals surface area contributed by atoms with Crippen LogP contribution in [0.15, 0.2) is 18.2 Å². The first-order valence-corrected chi connectivity index (χ1v) is 7.97. The van der Waals surface area contributed by atoms with E-state index in [1.807, 2.05) is 4.90 Å². The molecule has 0 saturated carbocycles. The van der Waals surface area contributed by atoms with E-state index >= 15 is 0 Å². The van der Waals surface area contributed by atoms with E-state index in [2.05, 4.69) is 13.8 Å². The van der Waals surface area contributed by atoms with Crippen molar-refractivity contribution >= 4 is 11.6 Å². The first-order chi connectivity index (χ1) is 10.1. The first-order valence-electron chi connectivity index (χ1n) is 7.97. The van der Waals surface area contributed by atoms with E-state index in [0.717, 1.165) is 51.6 Å². The average molecular weight is 292 g/mol. The molecule has 0 aliphatic carbocycles. The SMILES string of the molecule is CCCCCN(CCCCC)C(=O)c1ccc(N)c(O)c1. The molecule has 0 aliphatic heterocycles. The number of carbonyl (C=O) groups excluding carboxylic acids is 1. The van der Waals surface area contributed by atoms with Crippen LogP contribution in [0.2, 0.25) is 0 Å². The van der Waals surface area contributed by atoms with Gasteiger partial charge in [-0.15, -0.1) is 0 Å². The highest BCUT2D eigenvalue weighted by Gasteiger charge is 2.16.